The number of methoxy groups -OCH3 is 1. The molecule has 2 heterocycles. The summed E-state index contributed by atoms with van der Waals surface area (Å²) in [7, 11) is -2.53. The lowest BCUT2D eigenvalue weighted by Crippen LogP contribution is -2.17. The van der Waals surface area contributed by atoms with Gasteiger partial charge in [-0.15, -0.1) is 0 Å². The minimum absolute atomic E-state index is 0.00268. The first-order valence-electron chi connectivity index (χ1n) is 10.9. The quantitative estimate of drug-likeness (QED) is 0.305. The van der Waals surface area contributed by atoms with Gasteiger partial charge in [-0.3, -0.25) is 4.72 Å². The van der Waals surface area contributed by atoms with Crippen LogP contribution < -0.4 is 14.2 Å². The molecule has 11 heteroatoms. The van der Waals surface area contributed by atoms with Gasteiger partial charge in [0.25, 0.3) is 10.0 Å². The van der Waals surface area contributed by atoms with Gasteiger partial charge in [-0.1, -0.05) is 57.3 Å². The Hall–Kier alpha value is -3.83. The summed E-state index contributed by atoms with van der Waals surface area (Å²) in [5, 5.41) is 0. The van der Waals surface area contributed by atoms with Crippen LogP contribution in [0.2, 0.25) is 0 Å². The van der Waals surface area contributed by atoms with Crippen molar-refractivity contribution in [3.05, 3.63) is 77.2 Å². The van der Waals surface area contributed by atoms with Crippen molar-refractivity contribution in [2.45, 2.75) is 31.1 Å². The SMILES string of the molecule is COc1ccccc1Oc1c(NS(=O)(=O)c2ccc(C(C)(C)C)cc2)[nH]c(-c2ncccn2)nc1=S. The van der Waals surface area contributed by atoms with Crippen molar-refractivity contribution in [2.24, 2.45) is 0 Å². The van der Waals surface area contributed by atoms with E-state index in [1.54, 1.807) is 67.0 Å². The maximum atomic E-state index is 13.4. The molecule has 0 bridgehead atoms. The number of benzene rings is 2. The first-order chi connectivity index (χ1) is 17.1. The number of ether oxygens (including phenoxy) is 2. The zero-order valence-corrected chi connectivity index (χ0v) is 21.8. The molecule has 4 rings (SSSR count). The number of aromatic amines is 1. The Morgan fingerprint density at radius 1 is 0.944 bits per heavy atom. The van der Waals surface area contributed by atoms with Gasteiger partial charge in [0.2, 0.25) is 5.75 Å². The summed E-state index contributed by atoms with van der Waals surface area (Å²) < 4.78 is 40.6. The van der Waals surface area contributed by atoms with Gasteiger partial charge in [0, 0.05) is 12.4 Å². The smallest absolute Gasteiger partial charge is 0.263 e. The van der Waals surface area contributed by atoms with Crippen molar-refractivity contribution in [1.82, 2.24) is 19.9 Å². The molecule has 0 spiro atoms. The number of para-hydroxylation sites is 2. The molecule has 0 fully saturated rings. The van der Waals surface area contributed by atoms with E-state index in [0.29, 0.717) is 11.5 Å². The van der Waals surface area contributed by atoms with Gasteiger partial charge in [0.05, 0.1) is 12.0 Å². The van der Waals surface area contributed by atoms with Crippen molar-refractivity contribution < 1.29 is 17.9 Å². The monoisotopic (exact) mass is 523 g/mol. The number of anilines is 1. The fourth-order valence-corrected chi connectivity index (χ4v) is 4.56. The minimum Gasteiger partial charge on any atom is -0.493 e. The molecular formula is C25H25N5O4S2. The molecule has 36 heavy (non-hydrogen) atoms. The van der Waals surface area contributed by atoms with Crippen LogP contribution in [0, 0.1) is 4.64 Å². The second-order valence-electron chi connectivity index (χ2n) is 8.80. The van der Waals surface area contributed by atoms with Crippen LogP contribution in [0.3, 0.4) is 0 Å². The Balaban J connectivity index is 1.80. The first-order valence-corrected chi connectivity index (χ1v) is 12.8. The van der Waals surface area contributed by atoms with E-state index in [-0.39, 0.29) is 38.2 Å². The molecule has 186 valence electrons. The number of hydrogen-bond donors (Lipinski definition) is 2. The largest absolute Gasteiger partial charge is 0.493 e. The van der Waals surface area contributed by atoms with Crippen LogP contribution in [0.4, 0.5) is 5.82 Å². The van der Waals surface area contributed by atoms with Gasteiger partial charge in [-0.2, -0.15) is 0 Å². The highest BCUT2D eigenvalue weighted by Crippen LogP contribution is 2.36. The zero-order chi connectivity index (χ0) is 25.9. The van der Waals surface area contributed by atoms with Crippen LogP contribution >= 0.6 is 12.2 Å². The fraction of sp³-hybridized carbons (Fsp3) is 0.200. The van der Waals surface area contributed by atoms with Crippen LogP contribution in [0.15, 0.2) is 71.9 Å². The van der Waals surface area contributed by atoms with Crippen LogP contribution in [-0.2, 0) is 15.4 Å². The van der Waals surface area contributed by atoms with Crippen molar-refractivity contribution in [2.75, 3.05) is 11.8 Å². The molecule has 0 saturated carbocycles. The number of sulfonamides is 1. The third kappa shape index (κ3) is 5.52. The molecule has 2 aromatic carbocycles. The summed E-state index contributed by atoms with van der Waals surface area (Å²) in [6.07, 6.45) is 3.08. The van der Waals surface area contributed by atoms with E-state index in [0.717, 1.165) is 5.56 Å². The van der Waals surface area contributed by atoms with E-state index in [4.69, 9.17) is 21.7 Å². The molecular weight excluding hydrogens is 498 g/mol. The Kier molecular flexibility index (Phi) is 7.04. The van der Waals surface area contributed by atoms with Crippen LogP contribution in [0.1, 0.15) is 26.3 Å². The van der Waals surface area contributed by atoms with Gasteiger partial charge in [-0.05, 0) is 41.3 Å². The molecule has 0 aliphatic heterocycles. The number of aromatic nitrogens is 4. The minimum atomic E-state index is -4.03. The highest BCUT2D eigenvalue weighted by molar-refractivity contribution is 7.92. The highest BCUT2D eigenvalue weighted by Gasteiger charge is 2.22. The molecule has 0 unspecified atom stereocenters. The summed E-state index contributed by atoms with van der Waals surface area (Å²) in [4.78, 5) is 15.7. The average molecular weight is 524 g/mol. The van der Waals surface area contributed by atoms with Crippen molar-refractivity contribution >= 4 is 28.1 Å². The zero-order valence-electron chi connectivity index (χ0n) is 20.1. The van der Waals surface area contributed by atoms with E-state index in [9.17, 15) is 8.42 Å². The van der Waals surface area contributed by atoms with Crippen LogP contribution in [0.5, 0.6) is 17.2 Å². The predicted octanol–water partition coefficient (Wildman–Crippen LogP) is 5.50. The van der Waals surface area contributed by atoms with Crippen molar-refractivity contribution in [3.8, 4) is 28.9 Å². The molecule has 2 N–H and O–H groups in total. The second-order valence-corrected chi connectivity index (χ2v) is 10.9. The molecule has 9 nitrogen and oxygen atoms in total. The van der Waals surface area contributed by atoms with E-state index >= 15 is 0 Å². The molecule has 0 saturated heterocycles. The lowest BCUT2D eigenvalue weighted by Gasteiger charge is -2.19. The van der Waals surface area contributed by atoms with Crippen LogP contribution in [0.25, 0.3) is 11.6 Å². The Morgan fingerprint density at radius 3 is 2.19 bits per heavy atom. The third-order valence-corrected chi connectivity index (χ3v) is 6.85. The van der Waals surface area contributed by atoms with Crippen molar-refractivity contribution in [3.63, 3.8) is 0 Å². The molecule has 0 atom stereocenters. The number of nitrogens with one attached hydrogen (secondary N) is 2. The summed E-state index contributed by atoms with van der Waals surface area (Å²) >= 11 is 5.48. The summed E-state index contributed by atoms with van der Waals surface area (Å²) in [5.74, 6) is 1.16. The normalized spacial score (nSPS) is 11.7. The Bertz CT molecular complexity index is 1530. The molecule has 0 aliphatic carbocycles. The van der Waals surface area contributed by atoms with Gasteiger partial charge >= 0.3 is 0 Å². The fourth-order valence-electron chi connectivity index (χ4n) is 3.30. The van der Waals surface area contributed by atoms with Crippen LogP contribution in [-0.4, -0.2) is 35.5 Å². The van der Waals surface area contributed by atoms with E-state index < -0.39 is 10.0 Å². The highest BCUT2D eigenvalue weighted by atomic mass is 32.2. The molecule has 4 aromatic rings. The number of hydrogen-bond acceptors (Lipinski definition) is 8. The summed E-state index contributed by atoms with van der Waals surface area (Å²) in [6, 6.07) is 15.3. The Labute approximate surface area is 214 Å². The lowest BCUT2D eigenvalue weighted by atomic mass is 9.87. The van der Waals surface area contributed by atoms with E-state index in [1.165, 1.54) is 7.11 Å². The number of nitrogens with zero attached hydrogens (tertiary/aromatic N) is 3. The van der Waals surface area contributed by atoms with Gasteiger partial charge < -0.3 is 14.5 Å². The van der Waals surface area contributed by atoms with Gasteiger partial charge in [-0.25, -0.2) is 23.4 Å². The average Bonchev–Trinajstić information content (AvgIpc) is 2.86. The lowest BCUT2D eigenvalue weighted by molar-refractivity contribution is 0.378. The predicted molar refractivity (Wildman–Crippen MR) is 139 cm³/mol. The second kappa shape index (κ2) is 10.0. The number of H-pyrrole nitrogens is 1. The molecule has 0 amide bonds. The number of rotatable bonds is 7. The maximum absolute atomic E-state index is 13.4. The van der Waals surface area contributed by atoms with Crippen molar-refractivity contribution in [1.29, 1.82) is 0 Å². The Morgan fingerprint density at radius 2 is 1.58 bits per heavy atom. The summed E-state index contributed by atoms with van der Waals surface area (Å²) in [5.41, 5.74) is 0.889. The third-order valence-electron chi connectivity index (χ3n) is 5.20. The summed E-state index contributed by atoms with van der Waals surface area (Å²) in [6.45, 7) is 6.17. The van der Waals surface area contributed by atoms with Gasteiger partial charge in [0.1, 0.15) is 0 Å². The standard InChI is InChI=1S/C25H25N5O4S2/c1-25(2,3)16-10-12-17(13-11-16)36(31,32)30-21-20(34-19-9-6-5-8-18(19)33-4)24(35)29-23(28-21)22-26-14-7-15-27-22/h5-15H,1-4H3,(H2,28,29,30,35). The molecule has 0 radical (unpaired) electrons. The van der Waals surface area contributed by atoms with E-state index in [1.807, 2.05) is 0 Å². The molecule has 2 aromatic heterocycles. The maximum Gasteiger partial charge on any atom is 0.263 e. The van der Waals surface area contributed by atoms with E-state index in [2.05, 4.69) is 45.4 Å². The molecule has 0 aliphatic rings. The topological polar surface area (TPSA) is 119 Å². The van der Waals surface area contributed by atoms with Gasteiger partial charge in [0.15, 0.2) is 33.6 Å². The first kappa shape index (κ1) is 25.3.